The topological polar surface area (TPSA) is 25.8 Å². The third kappa shape index (κ3) is 1.02. The first-order valence-electron chi connectivity index (χ1n) is 4.42. The lowest BCUT2D eigenvalue weighted by atomic mass is 9.91. The Balaban J connectivity index is 2.57. The van der Waals surface area contributed by atoms with Crippen LogP contribution in [0.4, 0.5) is 0 Å². The molecule has 0 aromatic carbocycles. The standard InChI is InChI=1S/C10H14N2/c1-7-11-6-8-4-5-10(2,3)9(8)12-7/h6H,4-5H2,1-3H3. The first-order chi connectivity index (χ1) is 5.59. The van der Waals surface area contributed by atoms with E-state index in [0.717, 1.165) is 12.2 Å². The Morgan fingerprint density at radius 3 is 2.92 bits per heavy atom. The van der Waals surface area contributed by atoms with Gasteiger partial charge in [0.05, 0.1) is 5.69 Å². The molecule has 2 heteroatoms. The Labute approximate surface area is 73.1 Å². The SMILES string of the molecule is Cc1ncc2c(n1)C(C)(C)CC2. The van der Waals surface area contributed by atoms with E-state index >= 15 is 0 Å². The van der Waals surface area contributed by atoms with Gasteiger partial charge in [-0.15, -0.1) is 0 Å². The van der Waals surface area contributed by atoms with Crippen LogP contribution >= 0.6 is 0 Å². The molecule has 64 valence electrons. The summed E-state index contributed by atoms with van der Waals surface area (Å²) in [6.07, 6.45) is 4.33. The molecule has 0 bridgehead atoms. The highest BCUT2D eigenvalue weighted by molar-refractivity contribution is 5.30. The third-order valence-electron chi connectivity index (χ3n) is 2.65. The molecule has 0 atom stereocenters. The lowest BCUT2D eigenvalue weighted by Gasteiger charge is -2.17. The molecule has 0 unspecified atom stereocenters. The highest BCUT2D eigenvalue weighted by Crippen LogP contribution is 2.36. The maximum absolute atomic E-state index is 4.50. The van der Waals surface area contributed by atoms with Crippen LogP contribution in [-0.4, -0.2) is 9.97 Å². The van der Waals surface area contributed by atoms with Crippen molar-refractivity contribution in [2.24, 2.45) is 0 Å². The second-order valence-corrected chi connectivity index (χ2v) is 4.17. The van der Waals surface area contributed by atoms with Crippen molar-refractivity contribution < 1.29 is 0 Å². The average Bonchev–Trinajstić information content (AvgIpc) is 2.28. The molecule has 0 aliphatic heterocycles. The van der Waals surface area contributed by atoms with Gasteiger partial charge >= 0.3 is 0 Å². The van der Waals surface area contributed by atoms with Gasteiger partial charge in [-0.05, 0) is 25.3 Å². The van der Waals surface area contributed by atoms with Gasteiger partial charge in [0.2, 0.25) is 0 Å². The van der Waals surface area contributed by atoms with Crippen LogP contribution in [0.15, 0.2) is 6.20 Å². The molecule has 12 heavy (non-hydrogen) atoms. The summed E-state index contributed by atoms with van der Waals surface area (Å²) in [5, 5.41) is 0. The summed E-state index contributed by atoms with van der Waals surface area (Å²) in [4.78, 5) is 8.70. The number of aryl methyl sites for hydroxylation is 2. The minimum absolute atomic E-state index is 0.267. The molecule has 0 saturated heterocycles. The lowest BCUT2D eigenvalue weighted by molar-refractivity contribution is 0.508. The third-order valence-corrected chi connectivity index (χ3v) is 2.65. The fourth-order valence-corrected chi connectivity index (χ4v) is 1.83. The largest absolute Gasteiger partial charge is 0.241 e. The zero-order valence-electron chi connectivity index (χ0n) is 7.89. The van der Waals surface area contributed by atoms with E-state index in [2.05, 4.69) is 23.8 Å². The summed E-state index contributed by atoms with van der Waals surface area (Å²) in [7, 11) is 0. The van der Waals surface area contributed by atoms with Crippen molar-refractivity contribution in [2.45, 2.75) is 39.0 Å². The van der Waals surface area contributed by atoms with E-state index in [1.54, 1.807) is 0 Å². The van der Waals surface area contributed by atoms with Crippen molar-refractivity contribution in [3.8, 4) is 0 Å². The molecule has 1 aromatic heterocycles. The van der Waals surface area contributed by atoms with Crippen molar-refractivity contribution in [1.29, 1.82) is 0 Å². The number of hydrogen-bond donors (Lipinski definition) is 0. The Kier molecular flexibility index (Phi) is 1.47. The lowest BCUT2D eigenvalue weighted by Crippen LogP contribution is -2.14. The van der Waals surface area contributed by atoms with Crippen molar-refractivity contribution in [1.82, 2.24) is 9.97 Å². The van der Waals surface area contributed by atoms with Crippen molar-refractivity contribution in [3.63, 3.8) is 0 Å². The maximum atomic E-state index is 4.50. The van der Waals surface area contributed by atoms with Crippen molar-refractivity contribution in [3.05, 3.63) is 23.3 Å². The number of aromatic nitrogens is 2. The van der Waals surface area contributed by atoms with Crippen LogP contribution < -0.4 is 0 Å². The summed E-state index contributed by atoms with van der Waals surface area (Å²) in [5.74, 6) is 0.892. The highest BCUT2D eigenvalue weighted by Gasteiger charge is 2.31. The van der Waals surface area contributed by atoms with Gasteiger partial charge in [0.15, 0.2) is 0 Å². The Bertz CT molecular complexity index is 316. The molecule has 1 heterocycles. The van der Waals surface area contributed by atoms with Crippen LogP contribution in [0.2, 0.25) is 0 Å². The van der Waals surface area contributed by atoms with Gasteiger partial charge in [-0.3, -0.25) is 0 Å². The Morgan fingerprint density at radius 2 is 2.17 bits per heavy atom. The van der Waals surface area contributed by atoms with Crippen molar-refractivity contribution in [2.75, 3.05) is 0 Å². The van der Waals surface area contributed by atoms with Crippen LogP contribution in [0.25, 0.3) is 0 Å². The van der Waals surface area contributed by atoms with E-state index < -0.39 is 0 Å². The zero-order chi connectivity index (χ0) is 8.77. The molecule has 0 spiro atoms. The van der Waals surface area contributed by atoms with Gasteiger partial charge in [0.25, 0.3) is 0 Å². The number of rotatable bonds is 0. The minimum atomic E-state index is 0.267. The molecule has 1 aromatic rings. The number of fused-ring (bicyclic) bond motifs is 1. The zero-order valence-corrected chi connectivity index (χ0v) is 7.89. The average molecular weight is 162 g/mol. The molecule has 0 fully saturated rings. The quantitative estimate of drug-likeness (QED) is 0.583. The molecule has 0 radical (unpaired) electrons. The monoisotopic (exact) mass is 162 g/mol. The second-order valence-electron chi connectivity index (χ2n) is 4.17. The second kappa shape index (κ2) is 2.28. The van der Waals surface area contributed by atoms with Gasteiger partial charge in [0, 0.05) is 11.6 Å². The molecule has 1 aliphatic carbocycles. The van der Waals surface area contributed by atoms with Crippen LogP contribution in [0.1, 0.15) is 37.4 Å². The van der Waals surface area contributed by atoms with E-state index in [1.165, 1.54) is 17.7 Å². The molecule has 0 saturated carbocycles. The van der Waals surface area contributed by atoms with Gasteiger partial charge in [-0.1, -0.05) is 13.8 Å². The predicted octanol–water partition coefficient (Wildman–Crippen LogP) is 2.01. The van der Waals surface area contributed by atoms with Gasteiger partial charge < -0.3 is 0 Å². The first kappa shape index (κ1) is 7.71. The molecule has 0 N–H and O–H groups in total. The minimum Gasteiger partial charge on any atom is -0.241 e. The fraction of sp³-hybridized carbons (Fsp3) is 0.600. The number of hydrogen-bond acceptors (Lipinski definition) is 2. The van der Waals surface area contributed by atoms with Gasteiger partial charge in [-0.25, -0.2) is 9.97 Å². The highest BCUT2D eigenvalue weighted by atomic mass is 14.9. The normalized spacial score (nSPS) is 19.2. The van der Waals surface area contributed by atoms with Crippen LogP contribution in [-0.2, 0) is 11.8 Å². The molecule has 2 nitrogen and oxygen atoms in total. The molecule has 2 rings (SSSR count). The molecule has 0 amide bonds. The van der Waals surface area contributed by atoms with Crippen LogP contribution in [0, 0.1) is 6.92 Å². The summed E-state index contributed by atoms with van der Waals surface area (Å²) < 4.78 is 0. The molecule has 1 aliphatic rings. The smallest absolute Gasteiger partial charge is 0.125 e. The van der Waals surface area contributed by atoms with Gasteiger partial charge in [0.1, 0.15) is 5.82 Å². The fourth-order valence-electron chi connectivity index (χ4n) is 1.83. The van der Waals surface area contributed by atoms with Crippen molar-refractivity contribution >= 4 is 0 Å². The van der Waals surface area contributed by atoms with E-state index in [4.69, 9.17) is 0 Å². The van der Waals surface area contributed by atoms with E-state index in [0.29, 0.717) is 0 Å². The molecular weight excluding hydrogens is 148 g/mol. The van der Waals surface area contributed by atoms with E-state index in [9.17, 15) is 0 Å². The maximum Gasteiger partial charge on any atom is 0.125 e. The van der Waals surface area contributed by atoms with E-state index in [-0.39, 0.29) is 5.41 Å². The molecular formula is C10H14N2. The number of nitrogens with zero attached hydrogens (tertiary/aromatic N) is 2. The summed E-state index contributed by atoms with van der Waals surface area (Å²) >= 11 is 0. The summed E-state index contributed by atoms with van der Waals surface area (Å²) in [6.45, 7) is 6.46. The summed E-state index contributed by atoms with van der Waals surface area (Å²) in [5.41, 5.74) is 2.86. The predicted molar refractivity (Wildman–Crippen MR) is 48.1 cm³/mol. The van der Waals surface area contributed by atoms with Crippen LogP contribution in [0.5, 0.6) is 0 Å². The first-order valence-corrected chi connectivity index (χ1v) is 4.42. The Hall–Kier alpha value is -0.920. The van der Waals surface area contributed by atoms with E-state index in [1.807, 2.05) is 13.1 Å². The van der Waals surface area contributed by atoms with Gasteiger partial charge in [-0.2, -0.15) is 0 Å². The summed E-state index contributed by atoms with van der Waals surface area (Å²) in [6, 6.07) is 0. The van der Waals surface area contributed by atoms with Crippen LogP contribution in [0.3, 0.4) is 0 Å². The Morgan fingerprint density at radius 1 is 1.42 bits per heavy atom.